The Morgan fingerprint density at radius 3 is 1.73 bits per heavy atom. The Morgan fingerprint density at radius 1 is 0.317 bits per heavy atom. The van der Waals surface area contributed by atoms with E-state index in [9.17, 15) is 0 Å². The molecule has 0 saturated heterocycles. The van der Waals surface area contributed by atoms with Crippen LogP contribution in [0.15, 0.2) is 199 Å². The van der Waals surface area contributed by atoms with E-state index in [1.165, 1.54) is 70.2 Å². The molecule has 0 amide bonds. The van der Waals surface area contributed by atoms with E-state index in [2.05, 4.69) is 197 Å². The standard InChI is InChI=1S/C58H32N4O/c1-2-14-34(15-3-1)61-47-25-9-5-16-35(47)43-30-33(28-29-49(43)61)57-38-17-4-8-24-46(38)59-58(60-57)62-48-26-10-6-18-39(48)55-41-22-12-20-36-37-21-13-23-42-54(37)45(44(53(36)41)31-50(55)62)32-52-56(42)40-19-7-11-27-51(40)63-52/h1-32H. The molecule has 4 aromatic heterocycles. The lowest BCUT2D eigenvalue weighted by molar-refractivity contribution is 0.669. The lowest BCUT2D eigenvalue weighted by Crippen LogP contribution is -2.03. The highest BCUT2D eigenvalue weighted by atomic mass is 16.3. The average Bonchev–Trinajstić information content (AvgIpc) is 4.00. The van der Waals surface area contributed by atoms with Crippen molar-refractivity contribution in [3.63, 3.8) is 0 Å². The Morgan fingerprint density at radius 2 is 0.921 bits per heavy atom. The van der Waals surface area contributed by atoms with E-state index < -0.39 is 0 Å². The van der Waals surface area contributed by atoms with E-state index in [1.807, 2.05) is 6.07 Å². The smallest absolute Gasteiger partial charge is 0.235 e. The summed E-state index contributed by atoms with van der Waals surface area (Å²) < 4.78 is 11.3. The fraction of sp³-hybridized carbons (Fsp3) is 0. The van der Waals surface area contributed by atoms with Crippen molar-refractivity contribution in [2.45, 2.75) is 0 Å². The minimum absolute atomic E-state index is 0.638. The molecular weight excluding hydrogens is 769 g/mol. The molecule has 11 aromatic carbocycles. The van der Waals surface area contributed by atoms with Gasteiger partial charge in [0, 0.05) is 49.0 Å². The zero-order valence-electron chi connectivity index (χ0n) is 33.7. The summed E-state index contributed by atoms with van der Waals surface area (Å²) in [6, 6.07) is 69.8. The summed E-state index contributed by atoms with van der Waals surface area (Å²) in [5.41, 5.74) is 10.2. The molecule has 290 valence electrons. The third-order valence-electron chi connectivity index (χ3n) is 13.6. The minimum atomic E-state index is 0.638. The first-order chi connectivity index (χ1) is 31.3. The van der Waals surface area contributed by atoms with Crippen molar-refractivity contribution >= 4 is 120 Å². The first kappa shape index (κ1) is 33.2. The number of rotatable bonds is 3. The fourth-order valence-electron chi connectivity index (χ4n) is 11.1. The molecule has 5 nitrogen and oxygen atoms in total. The van der Waals surface area contributed by atoms with Crippen molar-refractivity contribution in [3.8, 4) is 22.9 Å². The molecule has 0 fully saturated rings. The van der Waals surface area contributed by atoms with Gasteiger partial charge in [0.25, 0.3) is 0 Å². The summed E-state index contributed by atoms with van der Waals surface area (Å²) in [4.78, 5) is 11.0. The van der Waals surface area contributed by atoms with Crippen LogP contribution < -0.4 is 0 Å². The highest BCUT2D eigenvalue weighted by molar-refractivity contribution is 6.41. The van der Waals surface area contributed by atoms with Crippen molar-refractivity contribution in [2.75, 3.05) is 0 Å². The van der Waals surface area contributed by atoms with Crippen LogP contribution in [0, 0.1) is 0 Å². The monoisotopic (exact) mass is 800 g/mol. The fourth-order valence-corrected chi connectivity index (χ4v) is 11.1. The largest absolute Gasteiger partial charge is 0.456 e. The van der Waals surface area contributed by atoms with E-state index in [0.29, 0.717) is 5.95 Å². The molecule has 0 aliphatic carbocycles. The zero-order valence-corrected chi connectivity index (χ0v) is 33.7. The van der Waals surface area contributed by atoms with Gasteiger partial charge >= 0.3 is 0 Å². The highest BCUT2D eigenvalue weighted by Gasteiger charge is 2.24. The molecule has 5 heteroatoms. The Balaban J connectivity index is 1.05. The number of para-hydroxylation sites is 5. The van der Waals surface area contributed by atoms with Crippen LogP contribution in [0.5, 0.6) is 0 Å². The zero-order chi connectivity index (χ0) is 40.9. The Labute approximate surface area is 358 Å². The number of nitrogens with zero attached hydrogens (tertiary/aromatic N) is 4. The lowest BCUT2D eigenvalue weighted by atomic mass is 9.87. The molecule has 0 radical (unpaired) electrons. The quantitative estimate of drug-likeness (QED) is 0.132. The maximum absolute atomic E-state index is 6.62. The molecule has 63 heavy (non-hydrogen) atoms. The molecule has 0 atom stereocenters. The Kier molecular flexibility index (Phi) is 6.36. The van der Waals surface area contributed by atoms with Crippen LogP contribution in [0.1, 0.15) is 0 Å². The normalized spacial score (nSPS) is 12.4. The molecule has 0 bridgehead atoms. The molecule has 0 unspecified atom stereocenters. The second-order valence-corrected chi connectivity index (χ2v) is 16.8. The maximum Gasteiger partial charge on any atom is 0.235 e. The molecule has 0 aliphatic rings. The van der Waals surface area contributed by atoms with Gasteiger partial charge in [0.05, 0.1) is 33.3 Å². The summed E-state index contributed by atoms with van der Waals surface area (Å²) >= 11 is 0. The summed E-state index contributed by atoms with van der Waals surface area (Å²) in [6.07, 6.45) is 0. The summed E-state index contributed by atoms with van der Waals surface area (Å²) in [6.45, 7) is 0. The van der Waals surface area contributed by atoms with Crippen LogP contribution in [0.3, 0.4) is 0 Å². The van der Waals surface area contributed by atoms with Crippen molar-refractivity contribution in [3.05, 3.63) is 194 Å². The van der Waals surface area contributed by atoms with Gasteiger partial charge in [0.15, 0.2) is 0 Å². The van der Waals surface area contributed by atoms with Gasteiger partial charge in [-0.1, -0.05) is 133 Å². The van der Waals surface area contributed by atoms with Gasteiger partial charge in [-0.15, -0.1) is 0 Å². The summed E-state index contributed by atoms with van der Waals surface area (Å²) in [5, 5.41) is 17.9. The number of hydrogen-bond donors (Lipinski definition) is 0. The third kappa shape index (κ3) is 4.35. The molecule has 0 aliphatic heterocycles. The predicted octanol–water partition coefficient (Wildman–Crippen LogP) is 15.4. The van der Waals surface area contributed by atoms with Crippen molar-refractivity contribution < 1.29 is 4.42 Å². The van der Waals surface area contributed by atoms with Gasteiger partial charge in [-0.05, 0) is 104 Å². The molecule has 0 spiro atoms. The molecule has 0 saturated carbocycles. The number of fused-ring (bicyclic) bond motifs is 14. The first-order valence-corrected chi connectivity index (χ1v) is 21.5. The highest BCUT2D eigenvalue weighted by Crippen LogP contribution is 2.48. The summed E-state index contributed by atoms with van der Waals surface area (Å²) in [7, 11) is 0. The topological polar surface area (TPSA) is 48.8 Å². The van der Waals surface area contributed by atoms with Crippen LogP contribution in [-0.2, 0) is 0 Å². The average molecular weight is 801 g/mol. The van der Waals surface area contributed by atoms with Gasteiger partial charge in [-0.25, -0.2) is 9.97 Å². The minimum Gasteiger partial charge on any atom is -0.456 e. The second kappa shape index (κ2) is 12.1. The molecule has 15 rings (SSSR count). The lowest BCUT2D eigenvalue weighted by Gasteiger charge is -2.16. The maximum atomic E-state index is 6.62. The number of aromatic nitrogens is 4. The van der Waals surface area contributed by atoms with E-state index in [-0.39, 0.29) is 0 Å². The van der Waals surface area contributed by atoms with E-state index in [0.717, 1.165) is 66.3 Å². The van der Waals surface area contributed by atoms with Gasteiger partial charge < -0.3 is 8.98 Å². The molecular formula is C58H32N4O. The molecule has 4 heterocycles. The second-order valence-electron chi connectivity index (χ2n) is 16.8. The van der Waals surface area contributed by atoms with Gasteiger partial charge in [-0.2, -0.15) is 0 Å². The Bertz CT molecular complexity index is 4440. The van der Waals surface area contributed by atoms with Crippen molar-refractivity contribution in [2.24, 2.45) is 0 Å². The Hall–Kier alpha value is -8.54. The van der Waals surface area contributed by atoms with Gasteiger partial charge in [0.2, 0.25) is 5.95 Å². The SMILES string of the molecule is c1ccc(-n2c3ccccc3c3cc(-c4nc(-n5c6ccccc6c6c7cccc8c9cccc%10c%11c(cc(c(cc65)c87)c9%10)oc5ccccc5%11)nc5ccccc45)ccc32)cc1. The van der Waals surface area contributed by atoms with Crippen LogP contribution in [0.2, 0.25) is 0 Å². The third-order valence-corrected chi connectivity index (χ3v) is 13.6. The van der Waals surface area contributed by atoms with Crippen LogP contribution in [0.25, 0.3) is 142 Å². The number of furan rings is 1. The van der Waals surface area contributed by atoms with E-state index in [1.54, 1.807) is 0 Å². The predicted molar refractivity (Wildman–Crippen MR) is 262 cm³/mol. The van der Waals surface area contributed by atoms with Gasteiger partial charge in [-0.3, -0.25) is 4.57 Å². The van der Waals surface area contributed by atoms with E-state index >= 15 is 0 Å². The van der Waals surface area contributed by atoms with Crippen molar-refractivity contribution in [1.82, 2.24) is 19.1 Å². The summed E-state index contributed by atoms with van der Waals surface area (Å²) in [5.74, 6) is 0.638. The van der Waals surface area contributed by atoms with E-state index in [4.69, 9.17) is 14.4 Å². The first-order valence-electron chi connectivity index (χ1n) is 21.5. The number of hydrogen-bond acceptors (Lipinski definition) is 3. The molecule has 15 aromatic rings. The molecule has 0 N–H and O–H groups in total. The van der Waals surface area contributed by atoms with Crippen molar-refractivity contribution in [1.29, 1.82) is 0 Å². The van der Waals surface area contributed by atoms with Crippen LogP contribution in [0.4, 0.5) is 0 Å². The van der Waals surface area contributed by atoms with Gasteiger partial charge in [0.1, 0.15) is 11.2 Å². The van der Waals surface area contributed by atoms with Crippen LogP contribution >= 0.6 is 0 Å². The van der Waals surface area contributed by atoms with Crippen LogP contribution in [-0.4, -0.2) is 19.1 Å². The number of benzene rings is 11.